The van der Waals surface area contributed by atoms with E-state index in [9.17, 15) is 17.6 Å². The summed E-state index contributed by atoms with van der Waals surface area (Å²) >= 11 is 0. The lowest BCUT2D eigenvalue weighted by Gasteiger charge is -2.23. The Balaban J connectivity index is 2.06. The maximum Gasteiger partial charge on any atom is 0.225 e. The third kappa shape index (κ3) is 4.51. The summed E-state index contributed by atoms with van der Waals surface area (Å²) in [5.74, 6) is -0.921. The summed E-state index contributed by atoms with van der Waals surface area (Å²) in [7, 11) is -3.60. The molecule has 0 bridgehead atoms. The minimum Gasteiger partial charge on any atom is -0.341 e. The van der Waals surface area contributed by atoms with Crippen LogP contribution in [0.5, 0.6) is 0 Å². The molecule has 0 aliphatic carbocycles. The Labute approximate surface area is 137 Å². The minimum absolute atomic E-state index is 0.0401. The van der Waals surface area contributed by atoms with E-state index < -0.39 is 15.8 Å². The van der Waals surface area contributed by atoms with Crippen LogP contribution in [0, 0.1) is 11.7 Å². The van der Waals surface area contributed by atoms with Crippen molar-refractivity contribution < 1.29 is 17.6 Å². The maximum absolute atomic E-state index is 13.7. The second-order valence-corrected chi connectivity index (χ2v) is 8.05. The van der Waals surface area contributed by atoms with Crippen LogP contribution >= 0.6 is 0 Å². The van der Waals surface area contributed by atoms with Crippen LogP contribution in [0.2, 0.25) is 0 Å². The van der Waals surface area contributed by atoms with Crippen LogP contribution in [0.15, 0.2) is 24.3 Å². The SMILES string of the molecule is CC(C)C(=O)N1CCCN(S(=O)(=O)Cc2ccccc2F)CC1. The molecule has 1 saturated heterocycles. The highest BCUT2D eigenvalue weighted by Crippen LogP contribution is 2.17. The van der Waals surface area contributed by atoms with Crippen molar-refractivity contribution in [3.8, 4) is 0 Å². The second kappa shape index (κ2) is 7.40. The lowest BCUT2D eigenvalue weighted by Crippen LogP contribution is -2.39. The zero-order valence-corrected chi connectivity index (χ0v) is 14.4. The molecule has 1 fully saturated rings. The Bertz CT molecular complexity index is 661. The molecule has 1 aliphatic rings. The average Bonchev–Trinajstić information content (AvgIpc) is 2.75. The molecule has 23 heavy (non-hydrogen) atoms. The number of halogens is 1. The monoisotopic (exact) mass is 342 g/mol. The summed E-state index contributed by atoms with van der Waals surface area (Å²) in [5, 5.41) is 0. The predicted octanol–water partition coefficient (Wildman–Crippen LogP) is 1.85. The molecule has 0 spiro atoms. The second-order valence-electron chi connectivity index (χ2n) is 6.08. The molecule has 5 nitrogen and oxygen atoms in total. The van der Waals surface area contributed by atoms with Crippen LogP contribution in [0.1, 0.15) is 25.8 Å². The van der Waals surface area contributed by atoms with Gasteiger partial charge >= 0.3 is 0 Å². The van der Waals surface area contributed by atoms with Gasteiger partial charge < -0.3 is 4.90 Å². The molecule has 1 heterocycles. The summed E-state index contributed by atoms with van der Waals surface area (Å²) in [5.41, 5.74) is 0.173. The van der Waals surface area contributed by atoms with Crippen molar-refractivity contribution in [1.29, 1.82) is 0 Å². The smallest absolute Gasteiger partial charge is 0.225 e. The standard InChI is InChI=1S/C16H23FN2O3S/c1-13(2)16(20)18-8-5-9-19(11-10-18)23(21,22)12-14-6-3-4-7-15(14)17/h3-4,6-7,13H,5,8-12H2,1-2H3. The summed E-state index contributed by atoms with van der Waals surface area (Å²) in [6, 6.07) is 5.90. The number of sulfonamides is 1. The largest absolute Gasteiger partial charge is 0.341 e. The van der Waals surface area contributed by atoms with Gasteiger partial charge in [-0.25, -0.2) is 12.8 Å². The van der Waals surface area contributed by atoms with E-state index in [4.69, 9.17) is 0 Å². The third-order valence-corrected chi connectivity index (χ3v) is 5.78. The van der Waals surface area contributed by atoms with E-state index in [1.54, 1.807) is 11.0 Å². The van der Waals surface area contributed by atoms with Gasteiger partial charge in [0.15, 0.2) is 0 Å². The number of rotatable bonds is 4. The number of carbonyl (C=O) groups is 1. The van der Waals surface area contributed by atoms with Crippen molar-refractivity contribution in [3.05, 3.63) is 35.6 Å². The Hall–Kier alpha value is -1.47. The highest BCUT2D eigenvalue weighted by atomic mass is 32.2. The molecule has 2 rings (SSSR count). The van der Waals surface area contributed by atoms with Gasteiger partial charge in [-0.15, -0.1) is 0 Å². The first-order chi connectivity index (χ1) is 10.8. The van der Waals surface area contributed by atoms with Gasteiger partial charge in [-0.2, -0.15) is 4.31 Å². The molecule has 0 saturated carbocycles. The van der Waals surface area contributed by atoms with Crippen LogP contribution in [0.4, 0.5) is 4.39 Å². The van der Waals surface area contributed by atoms with E-state index in [1.165, 1.54) is 22.5 Å². The zero-order chi connectivity index (χ0) is 17.0. The van der Waals surface area contributed by atoms with Gasteiger partial charge in [0.1, 0.15) is 5.82 Å². The molecule has 0 radical (unpaired) electrons. The predicted molar refractivity (Wildman–Crippen MR) is 86.6 cm³/mol. The summed E-state index contributed by atoms with van der Waals surface area (Å²) in [6.07, 6.45) is 0.592. The first kappa shape index (κ1) is 17.9. The number of benzene rings is 1. The lowest BCUT2D eigenvalue weighted by molar-refractivity contribution is -0.134. The number of carbonyl (C=O) groups excluding carboxylic acids is 1. The summed E-state index contributed by atoms with van der Waals surface area (Å²) in [4.78, 5) is 13.8. The van der Waals surface area contributed by atoms with Crippen molar-refractivity contribution in [2.75, 3.05) is 26.2 Å². The van der Waals surface area contributed by atoms with Crippen molar-refractivity contribution >= 4 is 15.9 Å². The van der Waals surface area contributed by atoms with E-state index in [-0.39, 0.29) is 29.7 Å². The molecule has 7 heteroatoms. The van der Waals surface area contributed by atoms with Gasteiger partial charge in [0.05, 0.1) is 5.75 Å². The van der Waals surface area contributed by atoms with Gasteiger partial charge in [-0.1, -0.05) is 32.0 Å². The van der Waals surface area contributed by atoms with Gasteiger partial charge in [-0.05, 0) is 12.5 Å². The van der Waals surface area contributed by atoms with Gasteiger partial charge in [0, 0.05) is 37.7 Å². The fourth-order valence-corrected chi connectivity index (χ4v) is 4.24. The molecule has 0 N–H and O–H groups in total. The van der Waals surface area contributed by atoms with Crippen molar-refractivity contribution in [2.45, 2.75) is 26.0 Å². The van der Waals surface area contributed by atoms with E-state index in [0.29, 0.717) is 26.1 Å². The van der Waals surface area contributed by atoms with Gasteiger partial charge in [0.2, 0.25) is 15.9 Å². The molecule has 1 aromatic carbocycles. The van der Waals surface area contributed by atoms with Crippen LogP contribution in [0.3, 0.4) is 0 Å². The normalized spacial score (nSPS) is 17.3. The van der Waals surface area contributed by atoms with Crippen LogP contribution in [0.25, 0.3) is 0 Å². The highest BCUT2D eigenvalue weighted by molar-refractivity contribution is 7.88. The lowest BCUT2D eigenvalue weighted by atomic mass is 10.2. The molecular formula is C16H23FN2O3S. The molecule has 128 valence electrons. The van der Waals surface area contributed by atoms with E-state index in [0.717, 1.165) is 0 Å². The Kier molecular flexibility index (Phi) is 5.75. The highest BCUT2D eigenvalue weighted by Gasteiger charge is 2.28. The first-order valence-corrected chi connectivity index (χ1v) is 9.42. The van der Waals surface area contributed by atoms with Crippen molar-refractivity contribution in [2.24, 2.45) is 5.92 Å². The molecule has 1 aliphatic heterocycles. The summed E-state index contributed by atoms with van der Waals surface area (Å²) < 4.78 is 40.1. The summed E-state index contributed by atoms with van der Waals surface area (Å²) in [6.45, 7) is 5.23. The van der Waals surface area contributed by atoms with E-state index >= 15 is 0 Å². The van der Waals surface area contributed by atoms with Crippen molar-refractivity contribution in [1.82, 2.24) is 9.21 Å². The maximum atomic E-state index is 13.7. The molecule has 0 atom stereocenters. The van der Waals surface area contributed by atoms with Crippen LogP contribution in [-0.4, -0.2) is 49.7 Å². The van der Waals surface area contributed by atoms with Crippen LogP contribution < -0.4 is 0 Å². The number of hydrogen-bond acceptors (Lipinski definition) is 3. The van der Waals surface area contributed by atoms with E-state index in [2.05, 4.69) is 0 Å². The van der Waals surface area contributed by atoms with Gasteiger partial charge in [-0.3, -0.25) is 4.79 Å². The fourth-order valence-electron chi connectivity index (χ4n) is 2.66. The van der Waals surface area contributed by atoms with Crippen LogP contribution in [-0.2, 0) is 20.6 Å². The average molecular weight is 342 g/mol. The molecular weight excluding hydrogens is 319 g/mol. The number of nitrogens with zero attached hydrogens (tertiary/aromatic N) is 2. The number of amides is 1. The topological polar surface area (TPSA) is 57.7 Å². The van der Waals surface area contributed by atoms with Gasteiger partial charge in [0.25, 0.3) is 0 Å². The molecule has 0 unspecified atom stereocenters. The fraction of sp³-hybridized carbons (Fsp3) is 0.562. The van der Waals surface area contributed by atoms with Crippen molar-refractivity contribution in [3.63, 3.8) is 0 Å². The first-order valence-electron chi connectivity index (χ1n) is 7.81. The minimum atomic E-state index is -3.60. The molecule has 0 aromatic heterocycles. The Morgan fingerprint density at radius 1 is 1.17 bits per heavy atom. The third-order valence-electron chi connectivity index (χ3n) is 3.95. The Morgan fingerprint density at radius 3 is 2.52 bits per heavy atom. The Morgan fingerprint density at radius 2 is 1.87 bits per heavy atom. The molecule has 1 amide bonds. The van der Waals surface area contributed by atoms with E-state index in [1.807, 2.05) is 13.8 Å². The quantitative estimate of drug-likeness (QED) is 0.839. The zero-order valence-electron chi connectivity index (χ0n) is 13.5. The molecule has 1 aromatic rings. The number of hydrogen-bond donors (Lipinski definition) is 0.